The smallest absolute Gasteiger partial charge is 0.391 e. The van der Waals surface area contributed by atoms with Gasteiger partial charge in [0.25, 0.3) is 0 Å². The summed E-state index contributed by atoms with van der Waals surface area (Å²) < 4.78 is 23.7. The van der Waals surface area contributed by atoms with E-state index in [-0.39, 0.29) is 19.1 Å². The molecule has 0 spiro atoms. The van der Waals surface area contributed by atoms with Crippen molar-refractivity contribution in [3.8, 4) is 0 Å². The number of hydrogen-bond acceptors (Lipinski definition) is 5. The number of phosphoric acid groups is 1. The molecule has 0 aromatic carbocycles. The molecule has 8 nitrogen and oxygen atoms in total. The first-order valence-electron chi connectivity index (χ1n) is 28.4. The lowest BCUT2D eigenvalue weighted by molar-refractivity contribution is -0.870. The van der Waals surface area contributed by atoms with Crippen LogP contribution in [0.2, 0.25) is 0 Å². The topological polar surface area (TPSA) is 105 Å². The maximum atomic E-state index is 13.0. The number of nitrogens with one attached hydrogen (secondary N) is 1. The van der Waals surface area contributed by atoms with Gasteiger partial charge in [0, 0.05) is 6.42 Å². The molecule has 0 heterocycles. The van der Waals surface area contributed by atoms with Crippen LogP contribution < -0.4 is 5.32 Å². The van der Waals surface area contributed by atoms with Gasteiger partial charge in [-0.2, -0.15) is 0 Å². The van der Waals surface area contributed by atoms with Crippen molar-refractivity contribution >= 4 is 13.7 Å². The molecule has 0 aromatic heterocycles. The molecule has 0 aliphatic heterocycles. The zero-order chi connectivity index (χ0) is 47.1. The fourth-order valence-corrected chi connectivity index (χ4v) is 9.61. The Bertz CT molecular complexity index is 1010. The summed E-state index contributed by atoms with van der Waals surface area (Å²) in [5.74, 6) is -0.137. The molecule has 3 N–H and O–H groups in total. The van der Waals surface area contributed by atoms with E-state index < -0.39 is 20.0 Å². The number of carbonyl (C=O) groups excluding carboxylic acids is 1. The second-order valence-electron chi connectivity index (χ2n) is 21.0. The molecule has 0 fully saturated rings. The Morgan fingerprint density at radius 3 is 1.05 bits per heavy atom. The first kappa shape index (κ1) is 63.5. The highest BCUT2D eigenvalue weighted by atomic mass is 31.2. The third-order valence-electron chi connectivity index (χ3n) is 13.4. The number of aliphatic hydroxyl groups excluding tert-OH is 1. The standard InChI is InChI=1S/C55H113N2O6P/c1-6-8-10-12-14-16-18-20-21-22-23-24-25-26-27-28-29-30-31-32-33-34-35-37-39-41-43-45-47-49-55(59)56-53(52-63-64(60,61)62-51-50-57(3,4)5)54(58)48-46-44-42-40-38-36-19-17-15-13-11-9-7-2/h53-54,58H,6-52H2,1-5H3,(H-,56,59,60,61)/p+1. The summed E-state index contributed by atoms with van der Waals surface area (Å²) in [6.45, 7) is 4.93. The summed E-state index contributed by atoms with van der Waals surface area (Å²) in [5.41, 5.74) is 0. The molecular weight excluding hydrogens is 816 g/mol. The first-order valence-corrected chi connectivity index (χ1v) is 29.9. The summed E-state index contributed by atoms with van der Waals surface area (Å²) in [6.07, 6.45) is 56.0. The van der Waals surface area contributed by atoms with Gasteiger partial charge < -0.3 is 19.8 Å². The van der Waals surface area contributed by atoms with Gasteiger partial charge >= 0.3 is 7.82 Å². The van der Waals surface area contributed by atoms with Crippen molar-refractivity contribution in [3.05, 3.63) is 0 Å². The summed E-state index contributed by atoms with van der Waals surface area (Å²) >= 11 is 0. The minimum atomic E-state index is -4.31. The first-order chi connectivity index (χ1) is 31.0. The molecule has 0 bridgehead atoms. The van der Waals surface area contributed by atoms with Crippen molar-refractivity contribution in [2.75, 3.05) is 40.9 Å². The van der Waals surface area contributed by atoms with Crippen LogP contribution >= 0.6 is 7.82 Å². The zero-order valence-electron chi connectivity index (χ0n) is 43.8. The lowest BCUT2D eigenvalue weighted by atomic mass is 10.0. The molecule has 0 aromatic rings. The van der Waals surface area contributed by atoms with Crippen molar-refractivity contribution in [3.63, 3.8) is 0 Å². The van der Waals surface area contributed by atoms with Crippen LogP contribution in [0.25, 0.3) is 0 Å². The van der Waals surface area contributed by atoms with Gasteiger partial charge in [0.05, 0.1) is 39.9 Å². The van der Waals surface area contributed by atoms with Crippen LogP contribution in [0.4, 0.5) is 0 Å². The van der Waals surface area contributed by atoms with E-state index in [1.54, 1.807) is 0 Å². The van der Waals surface area contributed by atoms with E-state index in [0.29, 0.717) is 23.9 Å². The third-order valence-corrected chi connectivity index (χ3v) is 14.3. The van der Waals surface area contributed by atoms with Crippen LogP contribution in [-0.2, 0) is 18.4 Å². The quantitative estimate of drug-likeness (QED) is 0.0319. The summed E-state index contributed by atoms with van der Waals surface area (Å²) in [7, 11) is 1.63. The molecule has 384 valence electrons. The number of hydrogen-bond donors (Lipinski definition) is 3. The number of phosphoric ester groups is 1. The van der Waals surface area contributed by atoms with E-state index in [9.17, 15) is 19.4 Å². The fourth-order valence-electron chi connectivity index (χ4n) is 8.87. The highest BCUT2D eigenvalue weighted by molar-refractivity contribution is 7.47. The molecule has 0 rings (SSSR count). The van der Waals surface area contributed by atoms with E-state index in [4.69, 9.17) is 9.05 Å². The van der Waals surface area contributed by atoms with Gasteiger partial charge in [-0.25, -0.2) is 4.57 Å². The maximum absolute atomic E-state index is 13.0. The molecule has 0 radical (unpaired) electrons. The number of aliphatic hydroxyl groups is 1. The molecule has 1 amide bonds. The number of nitrogens with zero attached hydrogens (tertiary/aromatic N) is 1. The molecule has 3 unspecified atom stereocenters. The lowest BCUT2D eigenvalue weighted by Gasteiger charge is -2.26. The monoisotopic (exact) mass is 930 g/mol. The lowest BCUT2D eigenvalue weighted by Crippen LogP contribution is -2.46. The number of rotatable bonds is 53. The van der Waals surface area contributed by atoms with E-state index >= 15 is 0 Å². The van der Waals surface area contributed by atoms with Crippen molar-refractivity contribution in [2.24, 2.45) is 0 Å². The maximum Gasteiger partial charge on any atom is 0.472 e. The Balaban J connectivity index is 3.99. The number of likely N-dealkylation sites (N-methyl/N-ethyl adjacent to an activating group) is 1. The van der Waals surface area contributed by atoms with Gasteiger partial charge in [0.1, 0.15) is 13.2 Å². The number of quaternary nitrogens is 1. The molecule has 0 aliphatic rings. The molecule has 0 saturated carbocycles. The number of carbonyl (C=O) groups is 1. The van der Waals surface area contributed by atoms with Crippen LogP contribution in [0.5, 0.6) is 0 Å². The predicted octanol–water partition coefficient (Wildman–Crippen LogP) is 16.9. The molecule has 64 heavy (non-hydrogen) atoms. The normalized spacial score (nSPS) is 13.9. The van der Waals surface area contributed by atoms with Crippen LogP contribution in [0.3, 0.4) is 0 Å². The van der Waals surface area contributed by atoms with Gasteiger partial charge in [-0.05, 0) is 12.8 Å². The van der Waals surface area contributed by atoms with Crippen molar-refractivity contribution in [1.82, 2.24) is 5.32 Å². The van der Waals surface area contributed by atoms with Crippen LogP contribution in [-0.4, -0.2) is 73.4 Å². The Morgan fingerprint density at radius 1 is 0.469 bits per heavy atom. The highest BCUT2D eigenvalue weighted by Crippen LogP contribution is 2.43. The summed E-state index contributed by atoms with van der Waals surface area (Å²) in [4.78, 5) is 23.3. The Labute approximate surface area is 399 Å². The van der Waals surface area contributed by atoms with Gasteiger partial charge in [-0.15, -0.1) is 0 Å². The molecule has 0 aliphatic carbocycles. The Kier molecular flexibility index (Phi) is 47.2. The molecule has 3 atom stereocenters. The van der Waals surface area contributed by atoms with Gasteiger partial charge in [0.15, 0.2) is 0 Å². The largest absolute Gasteiger partial charge is 0.472 e. The van der Waals surface area contributed by atoms with Gasteiger partial charge in [-0.1, -0.05) is 277 Å². The van der Waals surface area contributed by atoms with Crippen molar-refractivity contribution < 1.29 is 32.9 Å². The van der Waals surface area contributed by atoms with E-state index in [1.807, 2.05) is 21.1 Å². The minimum absolute atomic E-state index is 0.0789. The third kappa shape index (κ3) is 49.4. The SMILES string of the molecule is CCCCCCCCCCCCCCCCCCCCCCCCCCCCCCCC(=O)NC(COP(=O)(O)OCC[N+](C)(C)C)C(O)CCCCCCCCCCCCCCC. The summed E-state index contributed by atoms with van der Waals surface area (Å²) in [6, 6.07) is -0.754. The average Bonchev–Trinajstić information content (AvgIpc) is 3.25. The molecule has 0 saturated heterocycles. The molecular formula is C55H114N2O6P+. The Morgan fingerprint density at radius 2 is 0.750 bits per heavy atom. The van der Waals surface area contributed by atoms with Crippen LogP contribution in [0.1, 0.15) is 296 Å². The highest BCUT2D eigenvalue weighted by Gasteiger charge is 2.28. The van der Waals surface area contributed by atoms with Crippen LogP contribution in [0.15, 0.2) is 0 Å². The predicted molar refractivity (Wildman–Crippen MR) is 277 cm³/mol. The molecule has 9 heteroatoms. The van der Waals surface area contributed by atoms with E-state index in [1.165, 1.54) is 231 Å². The van der Waals surface area contributed by atoms with E-state index in [0.717, 1.165) is 38.5 Å². The second kappa shape index (κ2) is 47.6. The van der Waals surface area contributed by atoms with Gasteiger partial charge in [-0.3, -0.25) is 13.8 Å². The summed E-state index contributed by atoms with van der Waals surface area (Å²) in [5, 5.41) is 14.0. The zero-order valence-corrected chi connectivity index (χ0v) is 44.7. The number of unbranched alkanes of at least 4 members (excludes halogenated alkanes) is 40. The van der Waals surface area contributed by atoms with Crippen molar-refractivity contribution in [2.45, 2.75) is 309 Å². The average molecular weight is 930 g/mol. The Hall–Kier alpha value is -0.500. The van der Waals surface area contributed by atoms with Crippen LogP contribution in [0, 0.1) is 0 Å². The second-order valence-corrected chi connectivity index (χ2v) is 22.5. The van der Waals surface area contributed by atoms with E-state index in [2.05, 4.69) is 19.2 Å². The van der Waals surface area contributed by atoms with Gasteiger partial charge in [0.2, 0.25) is 5.91 Å². The fraction of sp³-hybridized carbons (Fsp3) is 0.982. The van der Waals surface area contributed by atoms with Crippen molar-refractivity contribution in [1.29, 1.82) is 0 Å². The number of amides is 1. The minimum Gasteiger partial charge on any atom is -0.391 e.